The fourth-order valence-corrected chi connectivity index (χ4v) is 12.5. The van der Waals surface area contributed by atoms with Gasteiger partial charge in [0.25, 0.3) is 0 Å². The first-order valence-electron chi connectivity index (χ1n) is 16.0. The highest BCUT2D eigenvalue weighted by Gasteiger charge is 2.94. The van der Waals surface area contributed by atoms with Crippen LogP contribution < -0.4 is 0 Å². The lowest BCUT2D eigenvalue weighted by molar-refractivity contribution is -0.282. The minimum atomic E-state index is -0.907. The Morgan fingerprint density at radius 1 is 1.14 bits per heavy atom. The molecule has 8 rings (SSSR count). The number of halogens is 1. The molecule has 9 heteroatoms. The van der Waals surface area contributed by atoms with Crippen LogP contribution in [0.5, 0.6) is 0 Å². The first-order valence-corrected chi connectivity index (χ1v) is 16.0. The summed E-state index contributed by atoms with van der Waals surface area (Å²) in [6, 6.07) is 6.04. The molecule has 5 saturated carbocycles. The van der Waals surface area contributed by atoms with E-state index in [4.69, 9.17) is 28.4 Å². The highest BCUT2D eigenvalue weighted by Crippen LogP contribution is 2.82. The molecule has 2 heterocycles. The van der Waals surface area contributed by atoms with Gasteiger partial charge in [-0.3, -0.25) is 4.90 Å². The molecule has 1 aromatic rings. The van der Waals surface area contributed by atoms with Crippen LogP contribution in [0.15, 0.2) is 30.3 Å². The third kappa shape index (κ3) is 3.24. The molecule has 3 spiro atoms. The molecular formula is C34H44FNO7. The van der Waals surface area contributed by atoms with Gasteiger partial charge in [-0.25, -0.2) is 9.18 Å². The molecule has 0 N–H and O–H groups in total. The minimum absolute atomic E-state index is 0.00897. The van der Waals surface area contributed by atoms with E-state index < -0.39 is 23.3 Å². The van der Waals surface area contributed by atoms with Crippen molar-refractivity contribution in [2.75, 3.05) is 41.2 Å². The number of hydrogen-bond donors (Lipinski definition) is 0. The van der Waals surface area contributed by atoms with Crippen LogP contribution in [0, 0.1) is 40.3 Å². The van der Waals surface area contributed by atoms with Gasteiger partial charge in [-0.2, -0.15) is 0 Å². The van der Waals surface area contributed by atoms with Crippen LogP contribution in [0.25, 0.3) is 6.08 Å². The van der Waals surface area contributed by atoms with E-state index >= 15 is 0 Å². The van der Waals surface area contributed by atoms with Crippen molar-refractivity contribution in [3.63, 3.8) is 0 Å². The van der Waals surface area contributed by atoms with Crippen LogP contribution in [0.2, 0.25) is 0 Å². The van der Waals surface area contributed by atoms with Gasteiger partial charge < -0.3 is 28.4 Å². The molecule has 5 aliphatic carbocycles. The predicted molar refractivity (Wildman–Crippen MR) is 154 cm³/mol. The van der Waals surface area contributed by atoms with Crippen molar-refractivity contribution in [3.8, 4) is 0 Å². The number of hydrogen-bond acceptors (Lipinski definition) is 8. The van der Waals surface area contributed by atoms with Crippen LogP contribution in [0.4, 0.5) is 4.39 Å². The van der Waals surface area contributed by atoms with Crippen molar-refractivity contribution in [1.29, 1.82) is 0 Å². The summed E-state index contributed by atoms with van der Waals surface area (Å²) in [6.07, 6.45) is 6.10. The molecule has 43 heavy (non-hydrogen) atoms. The Labute approximate surface area is 253 Å². The second-order valence-electron chi connectivity index (χ2n) is 14.4. The van der Waals surface area contributed by atoms with E-state index in [9.17, 15) is 9.18 Å². The van der Waals surface area contributed by atoms with Gasteiger partial charge in [-0.15, -0.1) is 0 Å². The van der Waals surface area contributed by atoms with Crippen molar-refractivity contribution < 1.29 is 37.6 Å². The molecule has 7 bridgehead atoms. The number of piperidine rings is 1. The molecule has 1 aromatic carbocycles. The fourth-order valence-electron chi connectivity index (χ4n) is 12.5. The number of rotatable bonds is 7. The van der Waals surface area contributed by atoms with Gasteiger partial charge >= 0.3 is 5.97 Å². The quantitative estimate of drug-likeness (QED) is 0.344. The van der Waals surface area contributed by atoms with E-state index in [-0.39, 0.29) is 71.5 Å². The van der Waals surface area contributed by atoms with Gasteiger partial charge in [-0.05, 0) is 60.9 Å². The van der Waals surface area contributed by atoms with Crippen molar-refractivity contribution in [3.05, 3.63) is 41.7 Å². The van der Waals surface area contributed by atoms with Crippen molar-refractivity contribution >= 4 is 12.0 Å². The number of esters is 1. The summed E-state index contributed by atoms with van der Waals surface area (Å²) in [5.74, 6) is -0.139. The predicted octanol–water partition coefficient (Wildman–Crippen LogP) is 4.07. The van der Waals surface area contributed by atoms with Crippen LogP contribution in [-0.2, 0) is 33.2 Å². The Kier molecular flexibility index (Phi) is 6.36. The van der Waals surface area contributed by atoms with Crippen LogP contribution >= 0.6 is 0 Å². The molecule has 2 saturated heterocycles. The average molecular weight is 598 g/mol. The van der Waals surface area contributed by atoms with Gasteiger partial charge in [0, 0.05) is 63.5 Å². The Bertz CT molecular complexity index is 1320. The Balaban J connectivity index is 1.33. The van der Waals surface area contributed by atoms with E-state index in [0.717, 1.165) is 37.9 Å². The Morgan fingerprint density at radius 3 is 2.63 bits per heavy atom. The molecule has 8 nitrogen and oxygen atoms in total. The molecule has 0 aromatic heterocycles. The molecule has 13 atom stereocenters. The maximum absolute atomic E-state index is 13.8. The second kappa shape index (κ2) is 9.56. The number of likely N-dealkylation sites (tertiary alicyclic amines) is 1. The Morgan fingerprint density at radius 2 is 1.93 bits per heavy atom. The van der Waals surface area contributed by atoms with Crippen LogP contribution in [0.3, 0.4) is 0 Å². The molecule has 7 aliphatic rings. The van der Waals surface area contributed by atoms with E-state index in [1.807, 2.05) is 14.2 Å². The molecule has 0 unspecified atom stereocenters. The van der Waals surface area contributed by atoms with Crippen molar-refractivity contribution in [2.24, 2.45) is 34.5 Å². The number of fused-ring (bicyclic) bond motifs is 1. The fraction of sp³-hybridized carbons (Fsp3) is 0.735. The van der Waals surface area contributed by atoms with Gasteiger partial charge in [0.1, 0.15) is 24.3 Å². The van der Waals surface area contributed by atoms with E-state index in [2.05, 4.69) is 18.7 Å². The largest absolute Gasteiger partial charge is 0.456 e. The molecule has 234 valence electrons. The summed E-state index contributed by atoms with van der Waals surface area (Å²) in [6.45, 7) is 6.55. The third-order valence-corrected chi connectivity index (χ3v) is 13.3. The first-order chi connectivity index (χ1) is 20.8. The lowest BCUT2D eigenvalue weighted by Crippen LogP contribution is -2.81. The van der Waals surface area contributed by atoms with Crippen molar-refractivity contribution in [1.82, 2.24) is 4.90 Å². The Hall–Kier alpha value is -1.88. The second-order valence-corrected chi connectivity index (χ2v) is 14.4. The topological polar surface area (TPSA) is 75.7 Å². The van der Waals surface area contributed by atoms with Crippen LogP contribution in [-0.4, -0.2) is 93.7 Å². The zero-order valence-electron chi connectivity index (χ0n) is 25.8. The number of benzene rings is 1. The first kappa shape index (κ1) is 28.6. The number of ether oxygens (including phenoxy) is 6. The number of carbonyl (C=O) groups excluding carboxylic acids is 1. The van der Waals surface area contributed by atoms with Crippen molar-refractivity contribution in [2.45, 2.75) is 81.2 Å². The summed E-state index contributed by atoms with van der Waals surface area (Å²) in [4.78, 5) is 16.5. The lowest BCUT2D eigenvalue weighted by atomic mass is 9.43. The van der Waals surface area contributed by atoms with E-state index in [0.29, 0.717) is 6.42 Å². The summed E-state index contributed by atoms with van der Waals surface area (Å²) in [5, 5.41) is 0. The van der Waals surface area contributed by atoms with E-state index in [1.54, 1.807) is 25.3 Å². The number of likely N-dealkylation sites (N-methyl/N-ethyl adjacent to an activating group) is 1. The summed E-state index contributed by atoms with van der Waals surface area (Å²) in [7, 11) is 5.46. The summed E-state index contributed by atoms with van der Waals surface area (Å²) in [5.41, 5.74) is -1.32. The maximum atomic E-state index is 13.8. The minimum Gasteiger partial charge on any atom is -0.456 e. The molecular weight excluding hydrogens is 553 g/mol. The molecule has 0 radical (unpaired) electrons. The number of nitrogens with zero attached hydrogens (tertiary/aromatic N) is 1. The monoisotopic (exact) mass is 597 g/mol. The highest BCUT2D eigenvalue weighted by molar-refractivity contribution is 5.87. The maximum Gasteiger partial charge on any atom is 0.331 e. The van der Waals surface area contributed by atoms with E-state index in [1.165, 1.54) is 18.2 Å². The van der Waals surface area contributed by atoms with Gasteiger partial charge in [0.2, 0.25) is 0 Å². The zero-order chi connectivity index (χ0) is 29.9. The van der Waals surface area contributed by atoms with Gasteiger partial charge in [-0.1, -0.05) is 26.0 Å². The van der Waals surface area contributed by atoms with Gasteiger partial charge in [0.05, 0.1) is 24.4 Å². The standard InChI is InChI=1S/C34H44FNO7/c1-6-36-17-31(2)14-13-24(39-4)33-22-15-21-23(38-3)16-32(26(22)27(21)40-5)34(30(33)36,42-18-41-32)29(28(31)33)43-25(37)12-9-19-7-10-20(35)11-8-19/h7-12,21-24,26-30H,6,13-18H2,1-5H3/b12-9+/t21-,22-,23+,24+,26-,27+,28-,29+,30+,31+,32-,33+,34+/m1/s1. The third-order valence-electron chi connectivity index (χ3n) is 13.3. The molecule has 7 fully saturated rings. The smallest absolute Gasteiger partial charge is 0.331 e. The number of methoxy groups -OCH3 is 3. The molecule has 0 amide bonds. The average Bonchev–Trinajstić information content (AvgIpc) is 3.59. The zero-order valence-corrected chi connectivity index (χ0v) is 25.8. The molecule has 2 aliphatic heterocycles. The number of carbonyl (C=O) groups is 1. The van der Waals surface area contributed by atoms with Crippen LogP contribution in [0.1, 0.15) is 45.1 Å². The SMILES string of the molecule is CCN1C[C@]2(C)CC[C@H](OC)[C@@]34[C@@H]5C[C@H]6[C@H](OC)[C@@H]5[C@@]5(C[C@@H]6OC)OCO[C@@]5([C@@H](OC(=O)/C=C/c5ccc(F)cc5)[C@H]23)[C@@H]14. The normalized spacial score (nSPS) is 50.7. The highest BCUT2D eigenvalue weighted by atomic mass is 19.1. The van der Waals surface area contributed by atoms with Gasteiger partial charge in [0.15, 0.2) is 5.60 Å². The summed E-state index contributed by atoms with van der Waals surface area (Å²) >= 11 is 0. The summed E-state index contributed by atoms with van der Waals surface area (Å²) < 4.78 is 53.3. The lowest BCUT2D eigenvalue weighted by Gasteiger charge is -2.69.